The lowest BCUT2D eigenvalue weighted by Crippen LogP contribution is -2.56. The molecule has 0 aromatic heterocycles. The number of rotatable bonds is 4. The van der Waals surface area contributed by atoms with E-state index in [1.807, 2.05) is 6.92 Å². The molecule has 1 fully saturated rings. The van der Waals surface area contributed by atoms with Crippen LogP contribution in [-0.4, -0.2) is 47.7 Å². The van der Waals surface area contributed by atoms with E-state index in [0.29, 0.717) is 6.04 Å². The Morgan fingerprint density at radius 1 is 1.71 bits per heavy atom. The van der Waals surface area contributed by atoms with Crippen LogP contribution in [0.4, 0.5) is 0 Å². The maximum Gasteiger partial charge on any atom is 0.320 e. The van der Waals surface area contributed by atoms with E-state index in [-0.39, 0.29) is 6.04 Å². The maximum atomic E-state index is 11.1. The predicted octanol–water partition coefficient (Wildman–Crippen LogP) is 0.533. The zero-order chi connectivity index (χ0) is 10.6. The van der Waals surface area contributed by atoms with E-state index in [2.05, 4.69) is 17.1 Å². The molecule has 2 unspecified atom stereocenters. The van der Waals surface area contributed by atoms with Gasteiger partial charge in [-0.25, -0.2) is 0 Å². The summed E-state index contributed by atoms with van der Waals surface area (Å²) in [5.74, 6) is -0.680. The molecule has 0 saturated carbocycles. The van der Waals surface area contributed by atoms with Gasteiger partial charge in [-0.3, -0.25) is 9.69 Å². The zero-order valence-corrected chi connectivity index (χ0v) is 8.99. The molecule has 2 atom stereocenters. The molecule has 0 aromatic carbocycles. The van der Waals surface area contributed by atoms with Crippen LogP contribution >= 0.6 is 0 Å². The van der Waals surface area contributed by atoms with Crippen LogP contribution in [0.1, 0.15) is 26.7 Å². The molecule has 0 radical (unpaired) electrons. The lowest BCUT2D eigenvalue weighted by atomic mass is 10.1. The molecule has 4 nitrogen and oxygen atoms in total. The fraction of sp³-hybridized carbons (Fsp3) is 0.900. The quantitative estimate of drug-likeness (QED) is 0.695. The van der Waals surface area contributed by atoms with Crippen molar-refractivity contribution in [2.75, 3.05) is 19.6 Å². The van der Waals surface area contributed by atoms with Gasteiger partial charge in [0.15, 0.2) is 0 Å². The Labute approximate surface area is 85.3 Å². The second-order valence-corrected chi connectivity index (χ2v) is 3.93. The Morgan fingerprint density at radius 3 is 2.93 bits per heavy atom. The molecule has 1 aliphatic rings. The first kappa shape index (κ1) is 11.5. The van der Waals surface area contributed by atoms with Crippen LogP contribution in [-0.2, 0) is 4.79 Å². The Morgan fingerprint density at radius 2 is 2.43 bits per heavy atom. The number of nitrogens with one attached hydrogen (secondary N) is 1. The van der Waals surface area contributed by atoms with Crippen molar-refractivity contribution < 1.29 is 9.90 Å². The van der Waals surface area contributed by atoms with E-state index in [1.165, 1.54) is 0 Å². The van der Waals surface area contributed by atoms with Gasteiger partial charge in [0, 0.05) is 25.7 Å². The summed E-state index contributed by atoms with van der Waals surface area (Å²) in [7, 11) is 0. The largest absolute Gasteiger partial charge is 0.480 e. The Kier molecular flexibility index (Phi) is 4.35. The molecule has 1 heterocycles. The minimum atomic E-state index is -0.680. The van der Waals surface area contributed by atoms with Gasteiger partial charge in [-0.15, -0.1) is 0 Å². The first-order valence-electron chi connectivity index (χ1n) is 5.36. The van der Waals surface area contributed by atoms with Crippen LogP contribution in [0.25, 0.3) is 0 Å². The van der Waals surface area contributed by atoms with Crippen LogP contribution in [0, 0.1) is 0 Å². The van der Waals surface area contributed by atoms with Crippen LogP contribution in [0.5, 0.6) is 0 Å². The van der Waals surface area contributed by atoms with Crippen molar-refractivity contribution in [2.45, 2.75) is 38.8 Å². The van der Waals surface area contributed by atoms with Gasteiger partial charge in [0.25, 0.3) is 0 Å². The van der Waals surface area contributed by atoms with Gasteiger partial charge in [0.05, 0.1) is 0 Å². The van der Waals surface area contributed by atoms with Crippen molar-refractivity contribution in [3.63, 3.8) is 0 Å². The summed E-state index contributed by atoms with van der Waals surface area (Å²) in [6, 6.07) is 0.0356. The average Bonchev–Trinajstić information content (AvgIpc) is 2.15. The second kappa shape index (κ2) is 5.32. The van der Waals surface area contributed by atoms with Crippen LogP contribution in [0.3, 0.4) is 0 Å². The van der Waals surface area contributed by atoms with E-state index < -0.39 is 5.97 Å². The fourth-order valence-electron chi connectivity index (χ4n) is 2.02. The average molecular weight is 200 g/mol. The third kappa shape index (κ3) is 2.69. The topological polar surface area (TPSA) is 52.6 Å². The van der Waals surface area contributed by atoms with Gasteiger partial charge in [0.1, 0.15) is 6.04 Å². The number of carboxylic acid groups (broad SMARTS) is 1. The molecule has 14 heavy (non-hydrogen) atoms. The molecule has 1 saturated heterocycles. The zero-order valence-electron chi connectivity index (χ0n) is 8.99. The van der Waals surface area contributed by atoms with Gasteiger partial charge in [0.2, 0.25) is 0 Å². The van der Waals surface area contributed by atoms with Gasteiger partial charge in [-0.2, -0.15) is 0 Å². The maximum absolute atomic E-state index is 11.1. The number of aliphatic carboxylic acids is 1. The third-order valence-corrected chi connectivity index (χ3v) is 2.80. The fourth-order valence-corrected chi connectivity index (χ4v) is 2.02. The van der Waals surface area contributed by atoms with Gasteiger partial charge in [-0.1, -0.05) is 13.3 Å². The third-order valence-electron chi connectivity index (χ3n) is 2.80. The number of piperazine rings is 1. The van der Waals surface area contributed by atoms with Crippen LogP contribution in [0.2, 0.25) is 0 Å². The van der Waals surface area contributed by atoms with E-state index in [1.54, 1.807) is 0 Å². The SMILES string of the molecule is CCCC(C(=O)O)N1CCNCC1C. The highest BCUT2D eigenvalue weighted by atomic mass is 16.4. The number of carboxylic acids is 1. The molecule has 2 N–H and O–H groups in total. The van der Waals surface area contributed by atoms with Crippen molar-refractivity contribution in [3.8, 4) is 0 Å². The Hall–Kier alpha value is -0.610. The van der Waals surface area contributed by atoms with Crippen molar-refractivity contribution in [2.24, 2.45) is 0 Å². The molecule has 1 aliphatic heterocycles. The van der Waals surface area contributed by atoms with Gasteiger partial charge < -0.3 is 10.4 Å². The highest BCUT2D eigenvalue weighted by Gasteiger charge is 2.29. The molecule has 82 valence electrons. The summed E-state index contributed by atoms with van der Waals surface area (Å²) in [6.45, 7) is 6.75. The number of hydrogen-bond donors (Lipinski definition) is 2. The summed E-state index contributed by atoms with van der Waals surface area (Å²) in [4.78, 5) is 13.2. The molecular weight excluding hydrogens is 180 g/mol. The lowest BCUT2D eigenvalue weighted by molar-refractivity contribution is -0.144. The highest BCUT2D eigenvalue weighted by Crippen LogP contribution is 2.13. The van der Waals surface area contributed by atoms with Crippen LogP contribution in [0.15, 0.2) is 0 Å². The molecule has 1 rings (SSSR count). The molecule has 0 amide bonds. The first-order valence-corrected chi connectivity index (χ1v) is 5.36. The van der Waals surface area contributed by atoms with Crippen molar-refractivity contribution in [1.29, 1.82) is 0 Å². The monoisotopic (exact) mass is 200 g/mol. The minimum Gasteiger partial charge on any atom is -0.480 e. The molecule has 0 bridgehead atoms. The number of hydrogen-bond acceptors (Lipinski definition) is 3. The summed E-state index contributed by atoms with van der Waals surface area (Å²) in [5, 5.41) is 12.4. The normalized spacial score (nSPS) is 26.0. The smallest absolute Gasteiger partial charge is 0.320 e. The van der Waals surface area contributed by atoms with E-state index >= 15 is 0 Å². The predicted molar refractivity (Wildman–Crippen MR) is 55.4 cm³/mol. The van der Waals surface area contributed by atoms with Crippen LogP contribution < -0.4 is 5.32 Å². The Bertz CT molecular complexity index is 197. The van der Waals surface area contributed by atoms with Gasteiger partial charge in [-0.05, 0) is 13.3 Å². The summed E-state index contributed by atoms with van der Waals surface area (Å²) >= 11 is 0. The van der Waals surface area contributed by atoms with Gasteiger partial charge >= 0.3 is 5.97 Å². The van der Waals surface area contributed by atoms with Crippen molar-refractivity contribution in [1.82, 2.24) is 10.2 Å². The molecular formula is C10H20N2O2. The molecule has 0 aromatic rings. The van der Waals surface area contributed by atoms with Crippen molar-refractivity contribution in [3.05, 3.63) is 0 Å². The summed E-state index contributed by atoms with van der Waals surface area (Å²) in [5.41, 5.74) is 0. The first-order chi connectivity index (χ1) is 6.66. The Balaban J connectivity index is 2.60. The van der Waals surface area contributed by atoms with E-state index in [9.17, 15) is 4.79 Å². The minimum absolute atomic E-state index is 0.294. The lowest BCUT2D eigenvalue weighted by Gasteiger charge is -2.37. The molecule has 0 aliphatic carbocycles. The molecule has 0 spiro atoms. The standard InChI is InChI=1S/C10H20N2O2/c1-3-4-9(10(13)14)12-6-5-11-7-8(12)2/h8-9,11H,3-7H2,1-2H3,(H,13,14). The summed E-state index contributed by atoms with van der Waals surface area (Å²) in [6.07, 6.45) is 1.67. The highest BCUT2D eigenvalue weighted by molar-refractivity contribution is 5.73. The summed E-state index contributed by atoms with van der Waals surface area (Å²) < 4.78 is 0. The molecule has 4 heteroatoms. The van der Waals surface area contributed by atoms with Crippen molar-refractivity contribution >= 4 is 5.97 Å². The number of carbonyl (C=O) groups is 1. The van der Waals surface area contributed by atoms with E-state index in [0.717, 1.165) is 32.5 Å². The number of nitrogens with zero attached hydrogens (tertiary/aromatic N) is 1. The van der Waals surface area contributed by atoms with E-state index in [4.69, 9.17) is 5.11 Å². The second-order valence-electron chi connectivity index (χ2n) is 3.93.